The molecular formula is C9H16O3. The minimum atomic E-state index is -1.11. The molecule has 12 heavy (non-hydrogen) atoms. The van der Waals surface area contributed by atoms with Crippen molar-refractivity contribution in [1.82, 2.24) is 0 Å². The van der Waals surface area contributed by atoms with Crippen molar-refractivity contribution in [3.63, 3.8) is 0 Å². The molecule has 3 heteroatoms. The van der Waals surface area contributed by atoms with E-state index in [9.17, 15) is 9.90 Å². The van der Waals surface area contributed by atoms with Crippen LogP contribution in [-0.2, 0) is 9.53 Å². The van der Waals surface area contributed by atoms with Gasteiger partial charge >= 0.3 is 5.97 Å². The molecule has 0 aromatic carbocycles. The summed E-state index contributed by atoms with van der Waals surface area (Å²) in [6.07, 6.45) is 0. The van der Waals surface area contributed by atoms with Gasteiger partial charge in [-0.15, -0.1) is 0 Å². The Morgan fingerprint density at radius 2 is 1.58 bits per heavy atom. The zero-order chi connectivity index (χ0) is 9.78. The number of carbonyl (C=O) groups is 1. The Balaban J connectivity index is 3.19. The second-order valence-electron chi connectivity index (χ2n) is 4.60. The van der Waals surface area contributed by atoms with E-state index in [1.54, 1.807) is 34.6 Å². The third-order valence-corrected chi connectivity index (χ3v) is 3.25. The van der Waals surface area contributed by atoms with E-state index in [-0.39, 0.29) is 5.97 Å². The van der Waals surface area contributed by atoms with E-state index in [0.29, 0.717) is 0 Å². The summed E-state index contributed by atoms with van der Waals surface area (Å²) in [5.74, 6) is -0.336. The molecular weight excluding hydrogens is 156 g/mol. The fraction of sp³-hybridized carbons (Fsp3) is 0.889. The van der Waals surface area contributed by atoms with Crippen LogP contribution in [0.2, 0.25) is 0 Å². The molecule has 0 aliphatic carbocycles. The smallest absolute Gasteiger partial charge is 0.315 e. The van der Waals surface area contributed by atoms with Crippen LogP contribution in [0.15, 0.2) is 0 Å². The van der Waals surface area contributed by atoms with Gasteiger partial charge in [-0.25, -0.2) is 0 Å². The Morgan fingerprint density at radius 3 is 1.67 bits per heavy atom. The quantitative estimate of drug-likeness (QED) is 0.556. The second-order valence-corrected chi connectivity index (χ2v) is 4.60. The molecule has 70 valence electrons. The van der Waals surface area contributed by atoms with Gasteiger partial charge in [0.25, 0.3) is 0 Å². The molecule has 1 rings (SSSR count). The lowest BCUT2D eigenvalue weighted by atomic mass is 9.71. The number of hydrogen-bond donors (Lipinski definition) is 1. The predicted octanol–water partition coefficient (Wildman–Crippen LogP) is 1.10. The fourth-order valence-corrected chi connectivity index (χ4v) is 1.41. The van der Waals surface area contributed by atoms with Gasteiger partial charge in [0, 0.05) is 0 Å². The third-order valence-electron chi connectivity index (χ3n) is 3.25. The zero-order valence-electron chi connectivity index (χ0n) is 8.26. The van der Waals surface area contributed by atoms with Gasteiger partial charge in [-0.2, -0.15) is 0 Å². The number of esters is 1. The first kappa shape index (κ1) is 9.52. The van der Waals surface area contributed by atoms with Gasteiger partial charge in [0.2, 0.25) is 0 Å². The third kappa shape index (κ3) is 0.829. The van der Waals surface area contributed by atoms with E-state index in [1.807, 2.05) is 0 Å². The molecule has 1 unspecified atom stereocenters. The molecule has 0 bridgehead atoms. The highest BCUT2D eigenvalue weighted by molar-refractivity contribution is 5.81. The summed E-state index contributed by atoms with van der Waals surface area (Å²) in [6.45, 7) is 8.48. The van der Waals surface area contributed by atoms with Gasteiger partial charge in [-0.05, 0) is 34.6 Å². The summed E-state index contributed by atoms with van der Waals surface area (Å²) in [6, 6.07) is 0. The van der Waals surface area contributed by atoms with Crippen LogP contribution in [0.3, 0.4) is 0 Å². The number of aliphatic hydroxyl groups is 1. The van der Waals surface area contributed by atoms with Gasteiger partial charge in [0.05, 0.1) is 5.41 Å². The molecule has 0 aromatic rings. The number of ether oxygens (including phenoxy) is 1. The topological polar surface area (TPSA) is 46.5 Å². The van der Waals surface area contributed by atoms with Crippen molar-refractivity contribution in [2.45, 2.75) is 45.8 Å². The Kier molecular flexibility index (Phi) is 1.60. The predicted molar refractivity (Wildman–Crippen MR) is 44.6 cm³/mol. The van der Waals surface area contributed by atoms with Crippen molar-refractivity contribution >= 4 is 5.97 Å². The first-order valence-electron chi connectivity index (χ1n) is 4.09. The molecule has 1 aliphatic heterocycles. The minimum Gasteiger partial charge on any atom is -0.456 e. The SMILES string of the molecule is CC1(C)OC(=O)C(C)(C)C1(C)O. The molecule has 1 atom stereocenters. The Bertz CT molecular complexity index is 226. The summed E-state index contributed by atoms with van der Waals surface area (Å²) >= 11 is 0. The molecule has 1 fully saturated rings. The average molecular weight is 172 g/mol. The molecule has 0 saturated carbocycles. The van der Waals surface area contributed by atoms with Crippen molar-refractivity contribution in [1.29, 1.82) is 0 Å². The number of cyclic esters (lactones) is 1. The van der Waals surface area contributed by atoms with Gasteiger partial charge < -0.3 is 9.84 Å². The van der Waals surface area contributed by atoms with Crippen LogP contribution in [0, 0.1) is 5.41 Å². The monoisotopic (exact) mass is 172 g/mol. The summed E-state index contributed by atoms with van der Waals surface area (Å²) in [4.78, 5) is 11.3. The second kappa shape index (κ2) is 2.02. The summed E-state index contributed by atoms with van der Waals surface area (Å²) in [5.41, 5.74) is -2.73. The highest BCUT2D eigenvalue weighted by Crippen LogP contribution is 2.48. The lowest BCUT2D eigenvalue weighted by Gasteiger charge is -2.36. The molecule has 1 aliphatic rings. The van der Waals surface area contributed by atoms with Crippen molar-refractivity contribution in [3.05, 3.63) is 0 Å². The van der Waals surface area contributed by atoms with E-state index in [2.05, 4.69) is 0 Å². The minimum absolute atomic E-state index is 0.336. The molecule has 3 nitrogen and oxygen atoms in total. The maximum Gasteiger partial charge on any atom is 0.315 e. The lowest BCUT2D eigenvalue weighted by molar-refractivity contribution is -0.152. The molecule has 1 saturated heterocycles. The van der Waals surface area contributed by atoms with Crippen molar-refractivity contribution in [2.24, 2.45) is 5.41 Å². The van der Waals surface area contributed by atoms with Crippen LogP contribution in [0.1, 0.15) is 34.6 Å². The van der Waals surface area contributed by atoms with Crippen LogP contribution < -0.4 is 0 Å². The van der Waals surface area contributed by atoms with Gasteiger partial charge in [-0.1, -0.05) is 0 Å². The highest BCUT2D eigenvalue weighted by atomic mass is 16.6. The molecule has 0 spiro atoms. The summed E-state index contributed by atoms with van der Waals surface area (Å²) in [7, 11) is 0. The van der Waals surface area contributed by atoms with Crippen molar-refractivity contribution in [2.75, 3.05) is 0 Å². The normalized spacial score (nSPS) is 38.0. The maximum atomic E-state index is 11.3. The lowest BCUT2D eigenvalue weighted by Crippen LogP contribution is -2.51. The first-order chi connectivity index (χ1) is 5.13. The first-order valence-corrected chi connectivity index (χ1v) is 4.09. The Labute approximate surface area is 72.7 Å². The standard InChI is InChI=1S/C9H16O3/c1-7(2)6(10)12-8(3,4)9(7,5)11/h11H,1-5H3. The number of hydrogen-bond acceptors (Lipinski definition) is 3. The number of carbonyl (C=O) groups excluding carboxylic acids is 1. The van der Waals surface area contributed by atoms with E-state index in [4.69, 9.17) is 4.74 Å². The number of rotatable bonds is 0. The van der Waals surface area contributed by atoms with Crippen LogP contribution >= 0.6 is 0 Å². The van der Waals surface area contributed by atoms with Crippen LogP contribution in [-0.4, -0.2) is 22.3 Å². The Hall–Kier alpha value is -0.570. The maximum absolute atomic E-state index is 11.3. The van der Waals surface area contributed by atoms with Gasteiger partial charge in [-0.3, -0.25) is 4.79 Å². The van der Waals surface area contributed by atoms with Crippen LogP contribution in [0.4, 0.5) is 0 Å². The van der Waals surface area contributed by atoms with Gasteiger partial charge in [0.1, 0.15) is 11.2 Å². The van der Waals surface area contributed by atoms with E-state index in [0.717, 1.165) is 0 Å². The molecule has 0 radical (unpaired) electrons. The molecule has 0 aromatic heterocycles. The highest BCUT2D eigenvalue weighted by Gasteiger charge is 2.63. The largest absolute Gasteiger partial charge is 0.456 e. The molecule has 1 heterocycles. The molecule has 0 amide bonds. The average Bonchev–Trinajstić information content (AvgIpc) is 1.92. The van der Waals surface area contributed by atoms with Crippen LogP contribution in [0.25, 0.3) is 0 Å². The van der Waals surface area contributed by atoms with E-state index in [1.165, 1.54) is 0 Å². The Morgan fingerprint density at radius 1 is 1.17 bits per heavy atom. The summed E-state index contributed by atoms with van der Waals surface area (Å²) < 4.78 is 5.09. The van der Waals surface area contributed by atoms with Crippen LogP contribution in [0.5, 0.6) is 0 Å². The summed E-state index contributed by atoms with van der Waals surface area (Å²) in [5, 5.41) is 10.1. The van der Waals surface area contributed by atoms with E-state index < -0.39 is 16.6 Å². The molecule has 1 N–H and O–H groups in total. The fourth-order valence-electron chi connectivity index (χ4n) is 1.41. The van der Waals surface area contributed by atoms with Crippen molar-refractivity contribution < 1.29 is 14.6 Å². The zero-order valence-corrected chi connectivity index (χ0v) is 8.26. The van der Waals surface area contributed by atoms with Gasteiger partial charge in [0.15, 0.2) is 0 Å². The van der Waals surface area contributed by atoms with Crippen molar-refractivity contribution in [3.8, 4) is 0 Å². The van der Waals surface area contributed by atoms with E-state index >= 15 is 0 Å².